The van der Waals surface area contributed by atoms with Crippen LogP contribution < -0.4 is 10.2 Å². The zero-order valence-corrected chi connectivity index (χ0v) is 15.0. The molecule has 1 saturated heterocycles. The highest BCUT2D eigenvalue weighted by Gasteiger charge is 2.27. The van der Waals surface area contributed by atoms with Crippen LogP contribution in [0.5, 0.6) is 0 Å². The third-order valence-corrected chi connectivity index (χ3v) is 4.69. The number of aliphatic hydroxyl groups is 2. The van der Waals surface area contributed by atoms with Gasteiger partial charge in [0.15, 0.2) is 0 Å². The lowest BCUT2D eigenvalue weighted by Gasteiger charge is -2.42. The number of aliphatic hydroxyl groups excluding tert-OH is 2. The minimum absolute atomic E-state index is 0.0655. The molecule has 1 aliphatic rings. The van der Waals surface area contributed by atoms with Gasteiger partial charge in [0.2, 0.25) is 0 Å². The molecular weight excluding hydrogens is 330 g/mol. The maximum absolute atomic E-state index is 9.50. The first-order valence-corrected chi connectivity index (χ1v) is 9.10. The van der Waals surface area contributed by atoms with Crippen LogP contribution in [0.1, 0.15) is 12.0 Å². The molecule has 0 radical (unpaired) electrons. The Morgan fingerprint density at radius 2 is 1.92 bits per heavy atom. The van der Waals surface area contributed by atoms with E-state index in [2.05, 4.69) is 49.4 Å². The highest BCUT2D eigenvalue weighted by Crippen LogP contribution is 2.22. The van der Waals surface area contributed by atoms with Gasteiger partial charge in [-0.25, -0.2) is 9.97 Å². The second-order valence-corrected chi connectivity index (χ2v) is 6.48. The van der Waals surface area contributed by atoms with E-state index in [0.29, 0.717) is 6.54 Å². The number of aromatic nitrogens is 2. The zero-order chi connectivity index (χ0) is 18.2. The van der Waals surface area contributed by atoms with E-state index in [0.717, 1.165) is 44.2 Å². The molecular formula is C19H27N5O2. The smallest absolute Gasteiger partial charge is 0.134 e. The van der Waals surface area contributed by atoms with Crippen LogP contribution in [0.2, 0.25) is 0 Å². The minimum Gasteiger partial charge on any atom is -0.396 e. The molecule has 3 N–H and O–H groups in total. The highest BCUT2D eigenvalue weighted by atomic mass is 16.3. The fourth-order valence-electron chi connectivity index (χ4n) is 3.35. The van der Waals surface area contributed by atoms with Crippen LogP contribution in [-0.4, -0.2) is 70.5 Å². The second kappa shape index (κ2) is 9.47. The van der Waals surface area contributed by atoms with E-state index in [1.165, 1.54) is 5.56 Å². The Bertz CT molecular complexity index is 670. The molecule has 2 heterocycles. The summed E-state index contributed by atoms with van der Waals surface area (Å²) >= 11 is 0. The summed E-state index contributed by atoms with van der Waals surface area (Å²) in [6.45, 7) is 4.23. The largest absolute Gasteiger partial charge is 0.396 e. The van der Waals surface area contributed by atoms with Crippen molar-refractivity contribution in [3.05, 3.63) is 48.3 Å². The van der Waals surface area contributed by atoms with Crippen LogP contribution in [0.25, 0.3) is 0 Å². The fourth-order valence-corrected chi connectivity index (χ4v) is 3.35. The van der Waals surface area contributed by atoms with Crippen LogP contribution in [0.3, 0.4) is 0 Å². The van der Waals surface area contributed by atoms with E-state index in [1.54, 1.807) is 6.33 Å². The SMILES string of the molecule is OCCNc1cc(N2CCN(Cc3ccccc3)C(CCO)C2)ncn1. The zero-order valence-electron chi connectivity index (χ0n) is 15.0. The molecule has 7 heteroatoms. The predicted octanol–water partition coefficient (Wildman–Crippen LogP) is 0.954. The Kier molecular flexibility index (Phi) is 6.76. The van der Waals surface area contributed by atoms with Crippen molar-refractivity contribution in [2.75, 3.05) is 49.6 Å². The maximum atomic E-state index is 9.50. The maximum Gasteiger partial charge on any atom is 0.134 e. The van der Waals surface area contributed by atoms with E-state index in [1.807, 2.05) is 12.1 Å². The molecule has 0 aliphatic carbocycles. The monoisotopic (exact) mass is 357 g/mol. The molecule has 1 unspecified atom stereocenters. The van der Waals surface area contributed by atoms with E-state index in [4.69, 9.17) is 5.11 Å². The number of piperazine rings is 1. The van der Waals surface area contributed by atoms with Crippen molar-refractivity contribution in [2.45, 2.75) is 19.0 Å². The van der Waals surface area contributed by atoms with Crippen LogP contribution in [-0.2, 0) is 6.54 Å². The molecule has 140 valence electrons. The predicted molar refractivity (Wildman–Crippen MR) is 102 cm³/mol. The summed E-state index contributed by atoms with van der Waals surface area (Å²) in [5.41, 5.74) is 1.29. The first kappa shape index (κ1) is 18.6. The van der Waals surface area contributed by atoms with Gasteiger partial charge < -0.3 is 20.4 Å². The lowest BCUT2D eigenvalue weighted by atomic mass is 10.1. The number of hydrogen-bond acceptors (Lipinski definition) is 7. The summed E-state index contributed by atoms with van der Waals surface area (Å²) < 4.78 is 0. The Morgan fingerprint density at radius 1 is 1.08 bits per heavy atom. The molecule has 1 aromatic carbocycles. The number of hydrogen-bond donors (Lipinski definition) is 3. The molecule has 26 heavy (non-hydrogen) atoms. The number of nitrogens with zero attached hydrogens (tertiary/aromatic N) is 4. The van der Waals surface area contributed by atoms with Gasteiger partial charge in [0.1, 0.15) is 18.0 Å². The topological polar surface area (TPSA) is 84.8 Å². The van der Waals surface area contributed by atoms with Crippen molar-refractivity contribution in [3.63, 3.8) is 0 Å². The van der Waals surface area contributed by atoms with Crippen LogP contribution >= 0.6 is 0 Å². The van der Waals surface area contributed by atoms with Gasteiger partial charge in [0, 0.05) is 51.4 Å². The molecule has 1 aliphatic heterocycles. The first-order chi connectivity index (χ1) is 12.8. The van der Waals surface area contributed by atoms with Crippen molar-refractivity contribution in [3.8, 4) is 0 Å². The summed E-state index contributed by atoms with van der Waals surface area (Å²) in [5.74, 6) is 1.59. The van der Waals surface area contributed by atoms with Gasteiger partial charge >= 0.3 is 0 Å². The summed E-state index contributed by atoms with van der Waals surface area (Å²) in [4.78, 5) is 13.3. The van der Waals surface area contributed by atoms with Crippen molar-refractivity contribution >= 4 is 11.6 Å². The van der Waals surface area contributed by atoms with E-state index < -0.39 is 0 Å². The number of nitrogens with one attached hydrogen (secondary N) is 1. The van der Waals surface area contributed by atoms with Crippen LogP contribution in [0.15, 0.2) is 42.7 Å². The molecule has 0 bridgehead atoms. The van der Waals surface area contributed by atoms with Gasteiger partial charge in [0.25, 0.3) is 0 Å². The van der Waals surface area contributed by atoms with Gasteiger partial charge in [0.05, 0.1) is 6.61 Å². The average molecular weight is 357 g/mol. The summed E-state index contributed by atoms with van der Waals surface area (Å²) in [6, 6.07) is 12.6. The van der Waals surface area contributed by atoms with Gasteiger partial charge in [-0.1, -0.05) is 30.3 Å². The molecule has 2 aromatic rings. The fraction of sp³-hybridized carbons (Fsp3) is 0.474. The minimum atomic E-state index is 0.0655. The number of rotatable bonds is 8. The number of benzene rings is 1. The van der Waals surface area contributed by atoms with Crippen molar-refractivity contribution < 1.29 is 10.2 Å². The summed E-state index contributed by atoms with van der Waals surface area (Å²) in [5, 5.41) is 21.5. The van der Waals surface area contributed by atoms with Gasteiger partial charge in [-0.3, -0.25) is 4.90 Å². The molecule has 1 fully saturated rings. The first-order valence-electron chi connectivity index (χ1n) is 9.10. The lowest BCUT2D eigenvalue weighted by molar-refractivity contribution is 0.135. The summed E-state index contributed by atoms with van der Waals surface area (Å²) in [6.07, 6.45) is 2.29. The quantitative estimate of drug-likeness (QED) is 0.649. The van der Waals surface area contributed by atoms with Crippen molar-refractivity contribution in [2.24, 2.45) is 0 Å². The normalized spacial score (nSPS) is 18.1. The van der Waals surface area contributed by atoms with Crippen LogP contribution in [0.4, 0.5) is 11.6 Å². The summed E-state index contributed by atoms with van der Waals surface area (Å²) in [7, 11) is 0. The van der Waals surface area contributed by atoms with Gasteiger partial charge in [-0.2, -0.15) is 0 Å². The Hall–Kier alpha value is -2.22. The van der Waals surface area contributed by atoms with Crippen molar-refractivity contribution in [1.82, 2.24) is 14.9 Å². The average Bonchev–Trinajstić information content (AvgIpc) is 2.69. The molecule has 1 aromatic heterocycles. The molecule has 0 amide bonds. The van der Waals surface area contributed by atoms with Crippen molar-refractivity contribution in [1.29, 1.82) is 0 Å². The molecule has 0 saturated carbocycles. The molecule has 3 rings (SSSR count). The highest BCUT2D eigenvalue weighted by molar-refractivity contribution is 5.49. The van der Waals surface area contributed by atoms with E-state index in [9.17, 15) is 5.11 Å². The number of anilines is 2. The second-order valence-electron chi connectivity index (χ2n) is 6.48. The van der Waals surface area contributed by atoms with Crippen LogP contribution in [0, 0.1) is 0 Å². The standard InChI is InChI=1S/C19H27N5O2/c25-10-6-17-14-24(19-12-18(20-7-11-26)21-15-22-19)9-8-23(17)13-16-4-2-1-3-5-16/h1-5,12,15,17,25-26H,6-11,13-14H2,(H,20,21,22). The van der Waals surface area contributed by atoms with Gasteiger partial charge in [-0.05, 0) is 12.0 Å². The Labute approximate surface area is 154 Å². The van der Waals surface area contributed by atoms with E-state index >= 15 is 0 Å². The van der Waals surface area contributed by atoms with Gasteiger partial charge in [-0.15, -0.1) is 0 Å². The molecule has 1 atom stereocenters. The third-order valence-electron chi connectivity index (χ3n) is 4.69. The molecule has 0 spiro atoms. The van der Waals surface area contributed by atoms with E-state index in [-0.39, 0.29) is 19.3 Å². The molecule has 7 nitrogen and oxygen atoms in total. The lowest BCUT2D eigenvalue weighted by Crippen LogP contribution is -2.53. The third kappa shape index (κ3) is 4.91. The Balaban J connectivity index is 1.67. The Morgan fingerprint density at radius 3 is 2.69 bits per heavy atom.